The van der Waals surface area contributed by atoms with Crippen molar-refractivity contribution < 1.29 is 23.8 Å². The van der Waals surface area contributed by atoms with Gasteiger partial charge in [-0.1, -0.05) is 52.4 Å². The molecule has 1 saturated heterocycles. The average Bonchev–Trinajstić information content (AvgIpc) is 2.96. The Morgan fingerprint density at radius 2 is 1.95 bits per heavy atom. The van der Waals surface area contributed by atoms with Crippen LogP contribution in [-0.4, -0.2) is 53.2 Å². The molecule has 2 aliphatic rings. The van der Waals surface area contributed by atoms with Crippen LogP contribution in [0.25, 0.3) is 11.0 Å². The maximum absolute atomic E-state index is 13.2. The molecular formula is C33H48N2O6. The summed E-state index contributed by atoms with van der Waals surface area (Å²) in [6.07, 6.45) is 12.7. The zero-order valence-electron chi connectivity index (χ0n) is 24.9. The molecule has 1 saturated carbocycles. The number of hydrogen-bond acceptors (Lipinski definition) is 6. The molecule has 4 rings (SSSR count). The number of carbonyl (C=O) groups excluding carboxylic acids is 2. The molecule has 1 aromatic heterocycles. The lowest BCUT2D eigenvalue weighted by atomic mass is 9.66. The Kier molecular flexibility index (Phi) is 11.3. The van der Waals surface area contributed by atoms with Gasteiger partial charge in [-0.15, -0.1) is 0 Å². The van der Waals surface area contributed by atoms with E-state index >= 15 is 0 Å². The first-order chi connectivity index (χ1) is 19.8. The number of fused-ring (bicyclic) bond motifs is 2. The molecule has 3 atom stereocenters. The van der Waals surface area contributed by atoms with Crippen LogP contribution in [0.5, 0.6) is 5.75 Å². The van der Waals surface area contributed by atoms with Crippen molar-refractivity contribution in [2.24, 2.45) is 5.92 Å². The van der Waals surface area contributed by atoms with Crippen molar-refractivity contribution in [3.63, 3.8) is 0 Å². The van der Waals surface area contributed by atoms with Gasteiger partial charge in [0.15, 0.2) is 6.61 Å². The highest BCUT2D eigenvalue weighted by atomic mass is 16.5. The van der Waals surface area contributed by atoms with Crippen molar-refractivity contribution in [1.29, 1.82) is 0 Å². The van der Waals surface area contributed by atoms with E-state index in [2.05, 4.69) is 24.1 Å². The highest BCUT2D eigenvalue weighted by Crippen LogP contribution is 2.44. The first-order valence-corrected chi connectivity index (χ1v) is 15.8. The van der Waals surface area contributed by atoms with E-state index in [1.54, 1.807) is 12.1 Å². The van der Waals surface area contributed by atoms with Gasteiger partial charge in [-0.3, -0.25) is 9.59 Å². The summed E-state index contributed by atoms with van der Waals surface area (Å²) in [5.74, 6) is 0.688. The Balaban J connectivity index is 1.16. The number of piperidine rings is 1. The van der Waals surface area contributed by atoms with Gasteiger partial charge in [-0.2, -0.15) is 0 Å². The number of unbranched alkanes of at least 4 members (excludes halogenated alkanes) is 3. The predicted molar refractivity (Wildman–Crippen MR) is 160 cm³/mol. The monoisotopic (exact) mass is 568 g/mol. The maximum atomic E-state index is 13.2. The molecule has 2 heterocycles. The van der Waals surface area contributed by atoms with Gasteiger partial charge in [-0.25, -0.2) is 4.79 Å². The minimum Gasteiger partial charge on any atom is -0.484 e. The number of nitrogens with one attached hydrogen (secondary N) is 1. The van der Waals surface area contributed by atoms with Crippen LogP contribution in [0.15, 0.2) is 33.5 Å². The van der Waals surface area contributed by atoms with Gasteiger partial charge in [0.25, 0.3) is 5.91 Å². The fraction of sp³-hybridized carbons (Fsp3) is 0.667. The molecule has 0 unspecified atom stereocenters. The quantitative estimate of drug-likeness (QED) is 0.230. The Morgan fingerprint density at radius 1 is 1.10 bits per heavy atom. The van der Waals surface area contributed by atoms with Gasteiger partial charge < -0.3 is 24.5 Å². The van der Waals surface area contributed by atoms with Gasteiger partial charge in [0.1, 0.15) is 11.3 Å². The highest BCUT2D eigenvalue weighted by molar-refractivity contribution is 5.82. The number of aryl methyl sites for hydroxylation is 1. The molecule has 1 aliphatic carbocycles. The Morgan fingerprint density at radius 3 is 2.76 bits per heavy atom. The maximum Gasteiger partial charge on any atom is 0.336 e. The van der Waals surface area contributed by atoms with E-state index in [1.165, 1.54) is 6.07 Å². The zero-order valence-corrected chi connectivity index (χ0v) is 24.9. The summed E-state index contributed by atoms with van der Waals surface area (Å²) in [5, 5.41) is 15.0. The summed E-state index contributed by atoms with van der Waals surface area (Å²) in [4.78, 5) is 39.5. The van der Waals surface area contributed by atoms with E-state index in [0.29, 0.717) is 37.3 Å². The SMILES string of the molecule is CCCC[C@H]1[C@@H]2CCCC[C@]2(O)CCN1C(=O)CCCCCNC(=O)COc1ccc2c(CCC)cc(=O)oc2c1. The van der Waals surface area contributed by atoms with Gasteiger partial charge >= 0.3 is 5.63 Å². The highest BCUT2D eigenvalue weighted by Gasteiger charge is 2.48. The number of ether oxygens (including phenoxy) is 1. The zero-order chi connectivity index (χ0) is 29.2. The van der Waals surface area contributed by atoms with Crippen LogP contribution in [0, 0.1) is 5.92 Å². The molecule has 0 bridgehead atoms. The first kappa shape index (κ1) is 31.1. The van der Waals surface area contributed by atoms with Crippen molar-refractivity contribution in [3.05, 3.63) is 40.2 Å². The van der Waals surface area contributed by atoms with E-state index < -0.39 is 5.60 Å². The molecule has 8 nitrogen and oxygen atoms in total. The fourth-order valence-electron chi connectivity index (χ4n) is 6.81. The molecule has 0 spiro atoms. The predicted octanol–water partition coefficient (Wildman–Crippen LogP) is 5.51. The first-order valence-electron chi connectivity index (χ1n) is 15.8. The van der Waals surface area contributed by atoms with E-state index in [4.69, 9.17) is 9.15 Å². The van der Waals surface area contributed by atoms with Crippen LogP contribution >= 0.6 is 0 Å². The average molecular weight is 569 g/mol. The second kappa shape index (κ2) is 14.9. The molecule has 1 aliphatic heterocycles. The number of rotatable bonds is 14. The standard InChI is InChI=1S/C33H48N2O6/c1-3-5-13-28-27-12-8-9-17-33(27,39)18-20-35(28)31(37)14-7-6-10-19-34-30(36)23-40-25-15-16-26-24(11-4-2)21-32(38)41-29(26)22-25/h15-16,21-22,27-28,39H,3-14,17-20,23H2,1-2H3,(H,34,36)/t27-,28-,33-/m0/s1. The van der Waals surface area contributed by atoms with Crippen LogP contribution in [0.2, 0.25) is 0 Å². The number of likely N-dealkylation sites (tertiary alicyclic amines) is 1. The van der Waals surface area contributed by atoms with Gasteiger partial charge in [0, 0.05) is 49.0 Å². The Labute approximate surface area is 243 Å². The number of hydrogen-bond donors (Lipinski definition) is 2. The summed E-state index contributed by atoms with van der Waals surface area (Å²) in [5.41, 5.74) is 0.441. The third kappa shape index (κ3) is 8.12. The van der Waals surface area contributed by atoms with Crippen molar-refractivity contribution in [1.82, 2.24) is 10.2 Å². The van der Waals surface area contributed by atoms with Gasteiger partial charge in [0.2, 0.25) is 5.91 Å². The van der Waals surface area contributed by atoms with E-state index in [1.807, 2.05) is 6.07 Å². The lowest BCUT2D eigenvalue weighted by Gasteiger charge is -2.52. The number of benzene rings is 1. The summed E-state index contributed by atoms with van der Waals surface area (Å²) in [6, 6.07) is 7.01. The fourth-order valence-corrected chi connectivity index (χ4v) is 6.81. The van der Waals surface area contributed by atoms with E-state index in [-0.39, 0.29) is 36.0 Å². The lowest BCUT2D eigenvalue weighted by molar-refractivity contribution is -0.155. The molecule has 1 aromatic carbocycles. The molecule has 226 valence electrons. The van der Waals surface area contributed by atoms with Crippen LogP contribution < -0.4 is 15.7 Å². The third-order valence-electron chi connectivity index (χ3n) is 8.97. The third-order valence-corrected chi connectivity index (χ3v) is 8.97. The molecule has 2 aromatic rings. The number of carbonyl (C=O) groups is 2. The van der Waals surface area contributed by atoms with Gasteiger partial charge in [0.05, 0.1) is 5.60 Å². The number of nitrogens with zero attached hydrogens (tertiary/aromatic N) is 1. The summed E-state index contributed by atoms with van der Waals surface area (Å²) in [7, 11) is 0. The normalized spacial score (nSPS) is 22.4. The number of aliphatic hydroxyl groups is 1. The topological polar surface area (TPSA) is 109 Å². The van der Waals surface area contributed by atoms with Crippen molar-refractivity contribution >= 4 is 22.8 Å². The lowest BCUT2D eigenvalue weighted by Crippen LogP contribution is -2.60. The van der Waals surface area contributed by atoms with Crippen LogP contribution in [0.3, 0.4) is 0 Å². The minimum absolute atomic E-state index is 0.121. The number of amides is 2. The minimum atomic E-state index is -0.586. The van der Waals surface area contributed by atoms with Crippen LogP contribution in [0.4, 0.5) is 0 Å². The summed E-state index contributed by atoms with van der Waals surface area (Å²) >= 11 is 0. The van der Waals surface area contributed by atoms with Crippen molar-refractivity contribution in [3.8, 4) is 5.75 Å². The van der Waals surface area contributed by atoms with Crippen LogP contribution in [-0.2, 0) is 16.0 Å². The van der Waals surface area contributed by atoms with E-state index in [0.717, 1.165) is 88.0 Å². The van der Waals surface area contributed by atoms with Crippen molar-refractivity contribution in [2.45, 2.75) is 115 Å². The summed E-state index contributed by atoms with van der Waals surface area (Å²) < 4.78 is 11.0. The molecule has 41 heavy (non-hydrogen) atoms. The molecule has 2 amide bonds. The van der Waals surface area contributed by atoms with Gasteiger partial charge in [-0.05, 0) is 62.6 Å². The molecule has 0 radical (unpaired) electrons. The summed E-state index contributed by atoms with van der Waals surface area (Å²) in [6.45, 7) is 5.32. The second-order valence-electron chi connectivity index (χ2n) is 12.0. The van der Waals surface area contributed by atoms with Crippen LogP contribution in [0.1, 0.15) is 103 Å². The smallest absolute Gasteiger partial charge is 0.336 e. The Hall–Kier alpha value is -2.87. The Bertz CT molecular complexity index is 1230. The second-order valence-corrected chi connectivity index (χ2v) is 12.0. The molecule has 2 fully saturated rings. The van der Waals surface area contributed by atoms with Crippen molar-refractivity contribution in [2.75, 3.05) is 19.7 Å². The largest absolute Gasteiger partial charge is 0.484 e. The molecule has 8 heteroatoms. The van der Waals surface area contributed by atoms with E-state index in [9.17, 15) is 19.5 Å². The molecule has 2 N–H and O–H groups in total. The molecular weight excluding hydrogens is 520 g/mol.